The summed E-state index contributed by atoms with van der Waals surface area (Å²) in [7, 11) is 0. The minimum Gasteiger partial charge on any atom is -0.484 e. The van der Waals surface area contributed by atoms with E-state index in [9.17, 15) is 9.59 Å². The third-order valence-electron chi connectivity index (χ3n) is 3.90. The summed E-state index contributed by atoms with van der Waals surface area (Å²) in [6.45, 7) is 1.87. The average Bonchev–Trinajstić information content (AvgIpc) is 3.12. The first-order valence-electron chi connectivity index (χ1n) is 8.45. The predicted octanol–water partition coefficient (Wildman–Crippen LogP) is 3.32. The van der Waals surface area contributed by atoms with Crippen molar-refractivity contribution in [1.29, 1.82) is 0 Å². The standard InChI is InChI=1S/C20H15N3O5/c1-12-21-19(28-23-12)11-26-14-8-6-13(7-9-14)22-20(25)18-10-16(24)15-4-2-3-5-17(15)27-18/h2-10H,11H2,1H3,(H,22,25). The number of ether oxygens (including phenoxy) is 1. The molecule has 28 heavy (non-hydrogen) atoms. The van der Waals surface area contributed by atoms with E-state index in [0.717, 1.165) is 0 Å². The Morgan fingerprint density at radius 1 is 1.14 bits per heavy atom. The molecule has 8 heteroatoms. The normalized spacial score (nSPS) is 10.8. The summed E-state index contributed by atoms with van der Waals surface area (Å²) in [6.07, 6.45) is 0. The van der Waals surface area contributed by atoms with Crippen molar-refractivity contribution in [2.45, 2.75) is 13.5 Å². The van der Waals surface area contributed by atoms with E-state index in [2.05, 4.69) is 15.5 Å². The summed E-state index contributed by atoms with van der Waals surface area (Å²) in [6, 6.07) is 14.7. The van der Waals surface area contributed by atoms with Crippen molar-refractivity contribution < 1.29 is 18.5 Å². The van der Waals surface area contributed by atoms with Crippen LogP contribution in [-0.4, -0.2) is 16.0 Å². The molecule has 1 N–H and O–H groups in total. The van der Waals surface area contributed by atoms with Gasteiger partial charge in [-0.3, -0.25) is 9.59 Å². The third-order valence-corrected chi connectivity index (χ3v) is 3.90. The van der Waals surface area contributed by atoms with Crippen LogP contribution in [0.25, 0.3) is 11.0 Å². The number of carbonyl (C=O) groups excluding carboxylic acids is 1. The number of nitrogens with one attached hydrogen (secondary N) is 1. The molecular formula is C20H15N3O5. The summed E-state index contributed by atoms with van der Waals surface area (Å²) in [5.41, 5.74) is 0.619. The zero-order valence-corrected chi connectivity index (χ0v) is 14.8. The number of hydrogen-bond acceptors (Lipinski definition) is 7. The van der Waals surface area contributed by atoms with Gasteiger partial charge in [0.15, 0.2) is 23.6 Å². The van der Waals surface area contributed by atoms with Gasteiger partial charge in [0.25, 0.3) is 11.8 Å². The molecule has 0 aliphatic carbocycles. The second kappa shape index (κ2) is 7.36. The monoisotopic (exact) mass is 377 g/mol. The number of benzene rings is 2. The molecule has 4 aromatic rings. The van der Waals surface area contributed by atoms with Crippen LogP contribution >= 0.6 is 0 Å². The molecule has 0 aliphatic heterocycles. The molecule has 2 aromatic carbocycles. The Labute approximate surface area is 158 Å². The van der Waals surface area contributed by atoms with Crippen LogP contribution in [0.5, 0.6) is 5.75 Å². The Morgan fingerprint density at radius 3 is 2.68 bits per heavy atom. The van der Waals surface area contributed by atoms with E-state index in [0.29, 0.717) is 34.1 Å². The van der Waals surface area contributed by atoms with Crippen molar-refractivity contribution in [2.24, 2.45) is 0 Å². The minimum absolute atomic E-state index is 0.0595. The molecule has 0 aliphatic rings. The lowest BCUT2D eigenvalue weighted by Gasteiger charge is -2.07. The summed E-state index contributed by atoms with van der Waals surface area (Å²) >= 11 is 0. The first-order valence-corrected chi connectivity index (χ1v) is 8.45. The highest BCUT2D eigenvalue weighted by molar-refractivity contribution is 6.02. The van der Waals surface area contributed by atoms with Crippen molar-refractivity contribution in [3.8, 4) is 5.75 Å². The molecule has 2 heterocycles. The van der Waals surface area contributed by atoms with Gasteiger partial charge >= 0.3 is 0 Å². The fourth-order valence-electron chi connectivity index (χ4n) is 2.59. The number of aromatic nitrogens is 2. The smallest absolute Gasteiger partial charge is 0.291 e. The Bertz CT molecular complexity index is 1190. The molecular weight excluding hydrogens is 362 g/mol. The van der Waals surface area contributed by atoms with E-state index in [1.54, 1.807) is 55.5 Å². The first-order chi connectivity index (χ1) is 13.6. The number of para-hydroxylation sites is 1. The lowest BCUT2D eigenvalue weighted by atomic mass is 10.2. The molecule has 0 radical (unpaired) electrons. The van der Waals surface area contributed by atoms with E-state index in [4.69, 9.17) is 13.7 Å². The van der Waals surface area contributed by atoms with Crippen molar-refractivity contribution in [3.05, 3.63) is 82.3 Å². The van der Waals surface area contributed by atoms with Gasteiger partial charge < -0.3 is 19.0 Å². The van der Waals surface area contributed by atoms with E-state index < -0.39 is 5.91 Å². The van der Waals surface area contributed by atoms with Crippen LogP contribution < -0.4 is 15.5 Å². The number of nitrogens with zero attached hydrogens (tertiary/aromatic N) is 2. The van der Waals surface area contributed by atoms with Gasteiger partial charge in [-0.05, 0) is 43.3 Å². The maximum atomic E-state index is 12.4. The SMILES string of the molecule is Cc1noc(COc2ccc(NC(=O)c3cc(=O)c4ccccc4o3)cc2)n1. The minimum atomic E-state index is -0.516. The molecule has 140 valence electrons. The number of aryl methyl sites for hydroxylation is 1. The lowest BCUT2D eigenvalue weighted by molar-refractivity contribution is 0.0997. The number of anilines is 1. The molecule has 0 spiro atoms. The molecule has 0 saturated carbocycles. The second-order valence-corrected chi connectivity index (χ2v) is 5.97. The van der Waals surface area contributed by atoms with Crippen LogP contribution in [0.4, 0.5) is 5.69 Å². The summed E-state index contributed by atoms with van der Waals surface area (Å²) in [5, 5.41) is 6.80. The first kappa shape index (κ1) is 17.5. The molecule has 8 nitrogen and oxygen atoms in total. The Kier molecular flexibility index (Phi) is 4.59. The Balaban J connectivity index is 1.44. The summed E-state index contributed by atoms with van der Waals surface area (Å²) in [5.74, 6) is 0.915. The molecule has 4 rings (SSSR count). The maximum absolute atomic E-state index is 12.4. The van der Waals surface area contributed by atoms with Gasteiger partial charge in [0, 0.05) is 11.8 Å². The van der Waals surface area contributed by atoms with Crippen molar-refractivity contribution in [2.75, 3.05) is 5.32 Å². The molecule has 1 amide bonds. The lowest BCUT2D eigenvalue weighted by Crippen LogP contribution is -2.14. The van der Waals surface area contributed by atoms with Crippen LogP contribution in [0.2, 0.25) is 0 Å². The molecule has 0 unspecified atom stereocenters. The largest absolute Gasteiger partial charge is 0.484 e. The van der Waals surface area contributed by atoms with E-state index in [1.807, 2.05) is 0 Å². The summed E-state index contributed by atoms with van der Waals surface area (Å²) in [4.78, 5) is 28.6. The highest BCUT2D eigenvalue weighted by Gasteiger charge is 2.12. The molecule has 0 saturated heterocycles. The molecule has 0 bridgehead atoms. The zero-order valence-electron chi connectivity index (χ0n) is 14.8. The fraction of sp³-hybridized carbons (Fsp3) is 0.100. The van der Waals surface area contributed by atoms with Crippen molar-refractivity contribution in [3.63, 3.8) is 0 Å². The summed E-state index contributed by atoms with van der Waals surface area (Å²) < 4.78 is 16.0. The van der Waals surface area contributed by atoms with E-state index in [-0.39, 0.29) is 17.8 Å². The highest BCUT2D eigenvalue weighted by Crippen LogP contribution is 2.18. The second-order valence-electron chi connectivity index (χ2n) is 5.97. The van der Waals surface area contributed by atoms with Gasteiger partial charge in [-0.15, -0.1) is 0 Å². The number of rotatable bonds is 5. The van der Waals surface area contributed by atoms with Crippen molar-refractivity contribution in [1.82, 2.24) is 10.1 Å². The average molecular weight is 377 g/mol. The van der Waals surface area contributed by atoms with Gasteiger partial charge in [-0.2, -0.15) is 4.98 Å². The van der Waals surface area contributed by atoms with Gasteiger partial charge in [0.05, 0.1) is 5.39 Å². The number of hydrogen-bond donors (Lipinski definition) is 1. The van der Waals surface area contributed by atoms with E-state index in [1.165, 1.54) is 6.07 Å². The highest BCUT2D eigenvalue weighted by atomic mass is 16.5. The van der Waals surface area contributed by atoms with Crippen LogP contribution in [0.15, 0.2) is 68.3 Å². The van der Waals surface area contributed by atoms with Crippen molar-refractivity contribution >= 4 is 22.6 Å². The van der Waals surface area contributed by atoms with Crippen LogP contribution in [-0.2, 0) is 6.61 Å². The number of fused-ring (bicyclic) bond motifs is 1. The van der Waals surface area contributed by atoms with Gasteiger partial charge in [0.2, 0.25) is 0 Å². The van der Waals surface area contributed by atoms with E-state index >= 15 is 0 Å². The van der Waals surface area contributed by atoms with Crippen LogP contribution in [0.1, 0.15) is 22.3 Å². The fourth-order valence-corrected chi connectivity index (χ4v) is 2.59. The van der Waals surface area contributed by atoms with Crippen LogP contribution in [0, 0.1) is 6.92 Å². The predicted molar refractivity (Wildman–Crippen MR) is 100 cm³/mol. The third kappa shape index (κ3) is 3.75. The zero-order chi connectivity index (χ0) is 19.5. The number of amides is 1. The Morgan fingerprint density at radius 2 is 1.93 bits per heavy atom. The van der Waals surface area contributed by atoms with Gasteiger partial charge in [-0.25, -0.2) is 0 Å². The maximum Gasteiger partial charge on any atom is 0.291 e. The topological polar surface area (TPSA) is 107 Å². The van der Waals surface area contributed by atoms with Gasteiger partial charge in [0.1, 0.15) is 11.3 Å². The molecule has 0 fully saturated rings. The quantitative estimate of drug-likeness (QED) is 0.568. The molecule has 2 aromatic heterocycles. The van der Waals surface area contributed by atoms with Crippen LogP contribution in [0.3, 0.4) is 0 Å². The Hall–Kier alpha value is -3.94. The van der Waals surface area contributed by atoms with Gasteiger partial charge in [-0.1, -0.05) is 17.3 Å². The number of carbonyl (C=O) groups is 1. The molecule has 0 atom stereocenters.